The normalized spacial score (nSPS) is 6.53. The molecule has 0 aliphatic rings. The lowest BCUT2D eigenvalue weighted by Crippen LogP contribution is -1.89. The highest BCUT2D eigenvalue weighted by Gasteiger charge is 1.94. The van der Waals surface area contributed by atoms with Crippen molar-refractivity contribution in [2.75, 3.05) is 0 Å². The second kappa shape index (κ2) is 73.5. The molecule has 0 saturated carbocycles. The van der Waals surface area contributed by atoms with Crippen LogP contribution in [0.2, 0.25) is 0 Å². The Kier molecular flexibility index (Phi) is 384. The fourth-order valence-electron chi connectivity index (χ4n) is 0.757. The van der Waals surface area contributed by atoms with Gasteiger partial charge in [0.2, 0.25) is 0 Å². The first-order valence-corrected chi connectivity index (χ1v) is 3.81. The number of rotatable bonds is 4. The summed E-state index contributed by atoms with van der Waals surface area (Å²) < 4.78 is 0. The molecule has 0 saturated heterocycles. The van der Waals surface area contributed by atoms with Crippen LogP contribution in [0.25, 0.3) is 0 Å². The van der Waals surface area contributed by atoms with Gasteiger partial charge in [0.05, 0.1) is 0 Å². The van der Waals surface area contributed by atoms with Crippen LogP contribution in [-0.4, -0.2) is 0 Å². The van der Waals surface area contributed by atoms with E-state index in [9.17, 15) is 0 Å². The highest BCUT2D eigenvalue weighted by atomic mass is 14.0. The number of unbranched alkanes of at least 4 members (excludes halogenated alkanes) is 1. The maximum atomic E-state index is 2.33. The van der Waals surface area contributed by atoms with E-state index >= 15 is 0 Å². The topological polar surface area (TPSA) is 0 Å². The minimum atomic E-state index is 0. The van der Waals surface area contributed by atoms with Gasteiger partial charge in [-0.25, -0.2) is 0 Å². The largest absolute Gasteiger partial charge is 0.0776 e. The molecule has 0 aromatic carbocycles. The van der Waals surface area contributed by atoms with E-state index in [4.69, 9.17) is 0 Å². The van der Waals surface area contributed by atoms with Gasteiger partial charge in [-0.1, -0.05) is 113 Å². The van der Waals surface area contributed by atoms with Crippen LogP contribution in [0.5, 0.6) is 0 Å². The lowest BCUT2D eigenvalue weighted by molar-refractivity contribution is 0.492. The lowest BCUT2D eigenvalue weighted by Gasteiger charge is -2.04. The Hall–Kier alpha value is 0. The molecule has 122 valence electrons. The van der Waals surface area contributed by atoms with Crippen molar-refractivity contribution in [2.45, 2.75) is 113 Å². The summed E-state index contributed by atoms with van der Waals surface area (Å²) in [5.41, 5.74) is 0. The van der Waals surface area contributed by atoms with E-state index in [0.717, 1.165) is 5.92 Å². The van der Waals surface area contributed by atoms with E-state index in [1.54, 1.807) is 0 Å². The van der Waals surface area contributed by atoms with E-state index in [1.807, 2.05) is 0 Å². The van der Waals surface area contributed by atoms with Gasteiger partial charge in [0.15, 0.2) is 0 Å². The van der Waals surface area contributed by atoms with Crippen LogP contribution in [0.15, 0.2) is 0 Å². The van der Waals surface area contributed by atoms with Gasteiger partial charge in [-0.15, -0.1) is 0 Å². The Morgan fingerprint density at radius 3 is 1.12 bits per heavy atom. The molecule has 0 N–H and O–H groups in total. The summed E-state index contributed by atoms with van der Waals surface area (Å²) in [6, 6.07) is 0. The van der Waals surface area contributed by atoms with Crippen LogP contribution >= 0.6 is 0 Å². The van der Waals surface area contributed by atoms with E-state index < -0.39 is 0 Å². The molecule has 0 aliphatic carbocycles. The van der Waals surface area contributed by atoms with Crippen LogP contribution in [0.1, 0.15) is 113 Å². The summed E-state index contributed by atoms with van der Waals surface area (Å²) in [6.45, 7) is 6.85. The second-order valence-corrected chi connectivity index (χ2v) is 2.66. The molecule has 1 atom stereocenters. The number of hydrogen-bond acceptors (Lipinski definition) is 0. The zero-order chi connectivity index (χ0) is 6.41. The predicted molar refractivity (Wildman–Crippen MR) is 99.6 cm³/mol. The Morgan fingerprint density at radius 2 is 0.941 bits per heavy atom. The predicted octanol–water partition coefficient (Wildman–Crippen LogP) is 8.95. The molecule has 0 heterocycles. The summed E-state index contributed by atoms with van der Waals surface area (Å²) in [5, 5.41) is 0. The summed E-state index contributed by atoms with van der Waals surface area (Å²) >= 11 is 0. The average molecular weight is 259 g/mol. The van der Waals surface area contributed by atoms with Gasteiger partial charge in [-0.2, -0.15) is 0 Å². The van der Waals surface area contributed by atoms with E-state index in [0.29, 0.717) is 0 Å². The van der Waals surface area contributed by atoms with Gasteiger partial charge in [-0.3, -0.25) is 0 Å². The molecule has 0 heteroatoms. The molecule has 0 nitrogen and oxygen atoms in total. The quantitative estimate of drug-likeness (QED) is 0.472. The molecule has 0 aliphatic heterocycles. The molecule has 0 rings (SSSR count). The van der Waals surface area contributed by atoms with Crippen molar-refractivity contribution in [1.82, 2.24) is 0 Å². The maximum Gasteiger partial charge on any atom is -0.0445 e. The van der Waals surface area contributed by atoms with Crippen molar-refractivity contribution < 1.29 is 0 Å². The van der Waals surface area contributed by atoms with Crippen LogP contribution in [0, 0.1) is 5.92 Å². The van der Waals surface area contributed by atoms with Gasteiger partial charge < -0.3 is 0 Å². The maximum absolute atomic E-state index is 2.33. The SMILES string of the molecule is C.C.C.C.C.C.C.C.C.CCCCC(C)CC. The van der Waals surface area contributed by atoms with Gasteiger partial charge in [0.25, 0.3) is 0 Å². The summed E-state index contributed by atoms with van der Waals surface area (Å²) in [7, 11) is 0. The molecule has 0 spiro atoms. The second-order valence-electron chi connectivity index (χ2n) is 2.66. The fraction of sp³-hybridized carbons (Fsp3) is 1.00. The molecule has 0 aromatic heterocycles. The van der Waals surface area contributed by atoms with Crippen molar-refractivity contribution in [2.24, 2.45) is 5.92 Å². The van der Waals surface area contributed by atoms with Crippen molar-refractivity contribution >= 4 is 0 Å². The first kappa shape index (κ1) is 88.8. The summed E-state index contributed by atoms with van der Waals surface area (Å²) in [6.07, 6.45) is 5.53. The van der Waals surface area contributed by atoms with Crippen molar-refractivity contribution in [3.8, 4) is 0 Å². The first-order valence-electron chi connectivity index (χ1n) is 3.81. The third-order valence-electron chi connectivity index (χ3n) is 1.75. The minimum absolute atomic E-state index is 0. The van der Waals surface area contributed by atoms with Crippen molar-refractivity contribution in [3.05, 3.63) is 0 Å². The molecule has 0 amide bonds. The molecular formula is C17H54. The molecule has 0 radical (unpaired) electrons. The van der Waals surface area contributed by atoms with Crippen LogP contribution in [0.3, 0.4) is 0 Å². The fourth-order valence-corrected chi connectivity index (χ4v) is 0.757. The van der Waals surface area contributed by atoms with Crippen molar-refractivity contribution in [1.29, 1.82) is 0 Å². The highest BCUT2D eigenvalue weighted by molar-refractivity contribution is 4.47. The number of hydrogen-bond donors (Lipinski definition) is 0. The van der Waals surface area contributed by atoms with Gasteiger partial charge in [0, 0.05) is 0 Å². The third-order valence-corrected chi connectivity index (χ3v) is 1.75. The monoisotopic (exact) mass is 258 g/mol. The lowest BCUT2D eigenvalue weighted by atomic mass is 10.0. The summed E-state index contributed by atoms with van der Waals surface area (Å²) in [5.74, 6) is 0.954. The summed E-state index contributed by atoms with van der Waals surface area (Å²) in [4.78, 5) is 0. The van der Waals surface area contributed by atoms with Gasteiger partial charge in [-0.05, 0) is 5.92 Å². The molecule has 0 fully saturated rings. The Labute approximate surface area is 120 Å². The smallest absolute Gasteiger partial charge is 0.0445 e. The first-order chi connectivity index (χ1) is 3.81. The Morgan fingerprint density at radius 1 is 0.647 bits per heavy atom. The minimum Gasteiger partial charge on any atom is -0.0776 e. The molecule has 0 aromatic rings. The molecule has 1 unspecified atom stereocenters. The van der Waals surface area contributed by atoms with Crippen molar-refractivity contribution in [3.63, 3.8) is 0 Å². The van der Waals surface area contributed by atoms with E-state index in [1.165, 1.54) is 25.7 Å². The van der Waals surface area contributed by atoms with Crippen LogP contribution < -0.4 is 0 Å². The Bertz CT molecular complexity index is 39.3. The van der Waals surface area contributed by atoms with Crippen LogP contribution in [0.4, 0.5) is 0 Å². The highest BCUT2D eigenvalue weighted by Crippen LogP contribution is 2.09. The zero-order valence-electron chi connectivity index (χ0n) is 6.41. The van der Waals surface area contributed by atoms with Crippen LogP contribution in [-0.2, 0) is 0 Å². The molecule has 0 bridgehead atoms. The van der Waals surface area contributed by atoms with Gasteiger partial charge in [0.1, 0.15) is 0 Å². The molecule has 17 heavy (non-hydrogen) atoms. The molecular weight excluding hydrogens is 204 g/mol. The van der Waals surface area contributed by atoms with Gasteiger partial charge >= 0.3 is 0 Å². The standard InChI is InChI=1S/C8H18.9CH4/c1-4-6-7-8(3)5-2;;;;;;;;;/h8H,4-7H2,1-3H3;9*1H4. The third kappa shape index (κ3) is 87.1. The van der Waals surface area contributed by atoms with E-state index in [2.05, 4.69) is 20.8 Å². The van der Waals surface area contributed by atoms with E-state index in [-0.39, 0.29) is 66.8 Å². The average Bonchev–Trinajstić information content (AvgIpc) is 1.83. The Balaban J connectivity index is -0.00000000681. The zero-order valence-corrected chi connectivity index (χ0v) is 6.41.